The monoisotopic (exact) mass is 385 g/mol. The highest BCUT2D eigenvalue weighted by molar-refractivity contribution is 6.00. The van der Waals surface area contributed by atoms with Gasteiger partial charge in [0.15, 0.2) is 5.78 Å². The molecule has 5 rings (SSSR count). The van der Waals surface area contributed by atoms with E-state index < -0.39 is 0 Å². The number of anilines is 1. The number of aromatic nitrogens is 2. The van der Waals surface area contributed by atoms with Crippen molar-refractivity contribution in [1.82, 2.24) is 9.55 Å². The Balaban J connectivity index is 1.74. The van der Waals surface area contributed by atoms with Crippen LogP contribution >= 0.6 is 0 Å². The number of ketones is 1. The van der Waals surface area contributed by atoms with Gasteiger partial charge >= 0.3 is 0 Å². The zero-order valence-electron chi connectivity index (χ0n) is 17.5. The summed E-state index contributed by atoms with van der Waals surface area (Å²) >= 11 is 0. The lowest BCUT2D eigenvalue weighted by atomic mass is 9.73. The lowest BCUT2D eigenvalue weighted by Gasteiger charge is -2.39. The number of benzene rings is 2. The topological polar surface area (TPSA) is 46.9 Å². The van der Waals surface area contributed by atoms with Gasteiger partial charge in [0, 0.05) is 17.7 Å². The first kappa shape index (κ1) is 18.2. The van der Waals surface area contributed by atoms with Gasteiger partial charge in [-0.1, -0.05) is 64.1 Å². The minimum absolute atomic E-state index is 0.0385. The van der Waals surface area contributed by atoms with Gasteiger partial charge in [-0.25, -0.2) is 4.98 Å². The fraction of sp³-hybridized carbons (Fsp3) is 0.360. The third-order valence-electron chi connectivity index (χ3n) is 6.23. The number of imidazole rings is 1. The number of allylic oxidation sites excluding steroid dienone is 2. The molecule has 0 spiro atoms. The lowest BCUT2D eigenvalue weighted by molar-refractivity contribution is -0.118. The van der Waals surface area contributed by atoms with E-state index in [4.69, 9.17) is 4.98 Å². The Kier molecular flexibility index (Phi) is 3.95. The molecule has 2 aliphatic rings. The van der Waals surface area contributed by atoms with Crippen LogP contribution in [-0.4, -0.2) is 15.3 Å². The fourth-order valence-electron chi connectivity index (χ4n) is 4.80. The first-order chi connectivity index (χ1) is 13.8. The van der Waals surface area contributed by atoms with E-state index in [2.05, 4.69) is 67.9 Å². The number of nitrogens with one attached hydrogen (secondary N) is 1. The SMILES string of the molecule is CC(C)c1ccc(C2C3=C(CC(C)(C)CC3=O)Nc3nc4ccccc4n32)cc1. The average Bonchev–Trinajstić information content (AvgIpc) is 3.03. The summed E-state index contributed by atoms with van der Waals surface area (Å²) in [7, 11) is 0. The van der Waals surface area contributed by atoms with E-state index >= 15 is 0 Å². The Bertz CT molecular complexity index is 1150. The summed E-state index contributed by atoms with van der Waals surface area (Å²) in [6.45, 7) is 8.74. The van der Waals surface area contributed by atoms with Crippen molar-refractivity contribution in [1.29, 1.82) is 0 Å². The summed E-state index contributed by atoms with van der Waals surface area (Å²) < 4.78 is 2.20. The Morgan fingerprint density at radius 3 is 2.52 bits per heavy atom. The summed E-state index contributed by atoms with van der Waals surface area (Å²) in [6, 6.07) is 16.8. The molecule has 1 aliphatic heterocycles. The molecule has 1 aromatic heterocycles. The van der Waals surface area contributed by atoms with E-state index in [1.807, 2.05) is 18.2 Å². The Hall–Kier alpha value is -2.88. The molecule has 0 radical (unpaired) electrons. The van der Waals surface area contributed by atoms with Gasteiger partial charge in [-0.15, -0.1) is 0 Å². The molecule has 1 atom stereocenters. The van der Waals surface area contributed by atoms with Crippen molar-refractivity contribution in [3.05, 3.63) is 70.9 Å². The second-order valence-corrected chi connectivity index (χ2v) is 9.48. The second-order valence-electron chi connectivity index (χ2n) is 9.48. The minimum Gasteiger partial charge on any atom is -0.329 e. The number of para-hydroxylation sites is 2. The molecular formula is C25H27N3O. The van der Waals surface area contributed by atoms with Gasteiger partial charge in [-0.05, 0) is 41.0 Å². The van der Waals surface area contributed by atoms with Crippen molar-refractivity contribution in [2.75, 3.05) is 5.32 Å². The summed E-state index contributed by atoms with van der Waals surface area (Å²) in [5, 5.41) is 3.51. The lowest BCUT2D eigenvalue weighted by Crippen LogP contribution is -2.36. The number of Topliss-reactive ketones (excluding diaryl/α,β-unsaturated/α-hetero) is 1. The van der Waals surface area contributed by atoms with Crippen LogP contribution in [0.1, 0.15) is 63.6 Å². The third-order valence-corrected chi connectivity index (χ3v) is 6.23. The van der Waals surface area contributed by atoms with E-state index in [1.165, 1.54) is 5.56 Å². The molecule has 29 heavy (non-hydrogen) atoms. The summed E-state index contributed by atoms with van der Waals surface area (Å²) in [5.74, 6) is 1.55. The van der Waals surface area contributed by atoms with E-state index in [0.29, 0.717) is 12.3 Å². The highest BCUT2D eigenvalue weighted by Crippen LogP contribution is 2.47. The third kappa shape index (κ3) is 2.89. The zero-order valence-corrected chi connectivity index (χ0v) is 17.5. The van der Waals surface area contributed by atoms with Gasteiger partial charge in [0.05, 0.1) is 17.1 Å². The summed E-state index contributed by atoms with van der Waals surface area (Å²) in [5.41, 5.74) is 6.35. The molecule has 0 saturated carbocycles. The summed E-state index contributed by atoms with van der Waals surface area (Å²) in [6.07, 6.45) is 1.44. The van der Waals surface area contributed by atoms with Gasteiger partial charge in [-0.2, -0.15) is 0 Å². The number of carbonyl (C=O) groups excluding carboxylic acids is 1. The smallest absolute Gasteiger partial charge is 0.209 e. The maximum absolute atomic E-state index is 13.3. The van der Waals surface area contributed by atoms with E-state index in [0.717, 1.165) is 40.2 Å². The molecule has 4 nitrogen and oxygen atoms in total. The van der Waals surface area contributed by atoms with Crippen molar-refractivity contribution in [3.8, 4) is 0 Å². The van der Waals surface area contributed by atoms with Crippen LogP contribution < -0.4 is 5.32 Å². The largest absolute Gasteiger partial charge is 0.329 e. The molecule has 1 aliphatic carbocycles. The first-order valence-electron chi connectivity index (χ1n) is 10.4. The van der Waals surface area contributed by atoms with Gasteiger partial charge in [0.25, 0.3) is 0 Å². The van der Waals surface area contributed by atoms with E-state index in [1.54, 1.807) is 0 Å². The van der Waals surface area contributed by atoms with Gasteiger partial charge < -0.3 is 5.32 Å². The Morgan fingerprint density at radius 2 is 1.79 bits per heavy atom. The van der Waals surface area contributed by atoms with Crippen LogP contribution in [0.25, 0.3) is 11.0 Å². The quantitative estimate of drug-likeness (QED) is 0.605. The molecule has 1 N–H and O–H groups in total. The standard InChI is InChI=1S/C25H27N3O/c1-15(2)16-9-11-17(12-10-16)23-22-19(13-25(3,4)14-21(22)29)27-24-26-18-7-5-6-8-20(18)28(23)24/h5-12,15,23H,13-14H2,1-4H3,(H,26,27). The molecule has 0 bridgehead atoms. The number of carbonyl (C=O) groups is 1. The number of hydrogen-bond donors (Lipinski definition) is 1. The van der Waals surface area contributed by atoms with Crippen molar-refractivity contribution in [3.63, 3.8) is 0 Å². The molecule has 1 unspecified atom stereocenters. The van der Waals surface area contributed by atoms with Gasteiger partial charge in [0.2, 0.25) is 5.95 Å². The van der Waals surface area contributed by atoms with Crippen LogP contribution in [0.4, 0.5) is 5.95 Å². The predicted octanol–water partition coefficient (Wildman–Crippen LogP) is 5.82. The number of nitrogens with zero attached hydrogens (tertiary/aromatic N) is 2. The van der Waals surface area contributed by atoms with Gasteiger partial charge in [0.1, 0.15) is 0 Å². The zero-order chi connectivity index (χ0) is 20.3. The normalized spacial score (nSPS) is 20.6. The maximum atomic E-state index is 13.3. The van der Waals surface area contributed by atoms with Crippen LogP contribution in [0.2, 0.25) is 0 Å². The molecule has 0 fully saturated rings. The maximum Gasteiger partial charge on any atom is 0.209 e. The molecule has 0 saturated heterocycles. The second kappa shape index (κ2) is 6.31. The van der Waals surface area contributed by atoms with Crippen LogP contribution in [0, 0.1) is 5.41 Å². The number of rotatable bonds is 2. The van der Waals surface area contributed by atoms with Crippen molar-refractivity contribution in [2.45, 2.75) is 52.5 Å². The van der Waals surface area contributed by atoms with Gasteiger partial charge in [-0.3, -0.25) is 9.36 Å². The molecule has 2 aromatic carbocycles. The average molecular weight is 386 g/mol. The predicted molar refractivity (Wildman–Crippen MR) is 117 cm³/mol. The van der Waals surface area contributed by atoms with E-state index in [9.17, 15) is 4.79 Å². The highest BCUT2D eigenvalue weighted by Gasteiger charge is 2.41. The highest BCUT2D eigenvalue weighted by atomic mass is 16.1. The van der Waals surface area contributed by atoms with Crippen LogP contribution in [-0.2, 0) is 4.79 Å². The van der Waals surface area contributed by atoms with Crippen molar-refractivity contribution >= 4 is 22.8 Å². The molecular weight excluding hydrogens is 358 g/mol. The molecule has 3 aromatic rings. The number of hydrogen-bond acceptors (Lipinski definition) is 3. The van der Waals surface area contributed by atoms with Crippen LogP contribution in [0.5, 0.6) is 0 Å². The first-order valence-corrected chi connectivity index (χ1v) is 10.4. The van der Waals surface area contributed by atoms with Crippen molar-refractivity contribution < 1.29 is 4.79 Å². The minimum atomic E-state index is -0.140. The molecule has 148 valence electrons. The van der Waals surface area contributed by atoms with E-state index in [-0.39, 0.29) is 17.2 Å². The fourth-order valence-corrected chi connectivity index (χ4v) is 4.80. The number of fused-ring (bicyclic) bond motifs is 3. The van der Waals surface area contributed by atoms with Crippen LogP contribution in [0.3, 0.4) is 0 Å². The van der Waals surface area contributed by atoms with Crippen LogP contribution in [0.15, 0.2) is 59.8 Å². The summed E-state index contributed by atoms with van der Waals surface area (Å²) in [4.78, 5) is 18.2. The van der Waals surface area contributed by atoms with Crippen molar-refractivity contribution in [2.24, 2.45) is 5.41 Å². The molecule has 4 heteroatoms. The molecule has 2 heterocycles. The molecule has 0 amide bonds. The Morgan fingerprint density at radius 1 is 1.07 bits per heavy atom. The Labute approximate surface area is 171 Å².